The molecule has 0 spiro atoms. The van der Waals surface area contributed by atoms with Crippen LogP contribution in [0.2, 0.25) is 0 Å². The van der Waals surface area contributed by atoms with Crippen LogP contribution in [0.15, 0.2) is 42.5 Å². The molecule has 1 aliphatic heterocycles. The molecule has 6 nitrogen and oxygen atoms in total. The fourth-order valence-corrected chi connectivity index (χ4v) is 2.63. The van der Waals surface area contributed by atoms with E-state index < -0.39 is 12.0 Å². The standard InChI is InChI=1S/C20H21NO5/c1-12(2)18(21-19(22)14-6-4-5-13(3)9-14)20(23)26-15-7-8-16-17(10-15)25-11-24-16/h4-10,12,18H,11H2,1-3H3,(H,21,22)/t18-/m1/s1. The van der Waals surface area contributed by atoms with Crippen molar-refractivity contribution in [2.24, 2.45) is 5.92 Å². The number of hydrogen-bond acceptors (Lipinski definition) is 5. The van der Waals surface area contributed by atoms with Crippen molar-refractivity contribution in [3.8, 4) is 17.2 Å². The number of hydrogen-bond donors (Lipinski definition) is 1. The van der Waals surface area contributed by atoms with E-state index in [0.717, 1.165) is 5.56 Å². The van der Waals surface area contributed by atoms with Crippen LogP contribution >= 0.6 is 0 Å². The Morgan fingerprint density at radius 2 is 1.85 bits per heavy atom. The molecule has 6 heteroatoms. The Hall–Kier alpha value is -3.02. The average molecular weight is 355 g/mol. The lowest BCUT2D eigenvalue weighted by Gasteiger charge is -2.21. The van der Waals surface area contributed by atoms with Crippen LogP contribution in [0.4, 0.5) is 0 Å². The lowest BCUT2D eigenvalue weighted by atomic mass is 10.0. The van der Waals surface area contributed by atoms with Gasteiger partial charge in [-0.2, -0.15) is 0 Å². The highest BCUT2D eigenvalue weighted by Gasteiger charge is 2.27. The predicted molar refractivity (Wildman–Crippen MR) is 95.5 cm³/mol. The Labute approximate surface area is 152 Å². The topological polar surface area (TPSA) is 73.9 Å². The quantitative estimate of drug-likeness (QED) is 0.659. The van der Waals surface area contributed by atoms with Gasteiger partial charge in [-0.25, -0.2) is 4.79 Å². The smallest absolute Gasteiger partial charge is 0.334 e. The molecule has 0 radical (unpaired) electrons. The Morgan fingerprint density at radius 3 is 2.58 bits per heavy atom. The fourth-order valence-electron chi connectivity index (χ4n) is 2.63. The molecule has 2 aromatic rings. The molecule has 0 aliphatic carbocycles. The summed E-state index contributed by atoms with van der Waals surface area (Å²) < 4.78 is 15.9. The van der Waals surface area contributed by atoms with Crippen molar-refractivity contribution in [3.05, 3.63) is 53.6 Å². The van der Waals surface area contributed by atoms with Crippen LogP contribution in [0.3, 0.4) is 0 Å². The summed E-state index contributed by atoms with van der Waals surface area (Å²) in [6, 6.07) is 11.3. The first-order valence-corrected chi connectivity index (χ1v) is 8.43. The number of nitrogens with one attached hydrogen (secondary N) is 1. The first-order chi connectivity index (χ1) is 12.4. The van der Waals surface area contributed by atoms with Crippen molar-refractivity contribution in [2.45, 2.75) is 26.8 Å². The first-order valence-electron chi connectivity index (χ1n) is 8.43. The van der Waals surface area contributed by atoms with Crippen molar-refractivity contribution < 1.29 is 23.8 Å². The average Bonchev–Trinajstić information content (AvgIpc) is 3.06. The van der Waals surface area contributed by atoms with Crippen molar-refractivity contribution in [1.82, 2.24) is 5.32 Å². The van der Waals surface area contributed by atoms with Gasteiger partial charge in [0.15, 0.2) is 11.5 Å². The van der Waals surface area contributed by atoms with Crippen LogP contribution in [-0.4, -0.2) is 24.7 Å². The maximum atomic E-state index is 12.6. The zero-order chi connectivity index (χ0) is 18.7. The van der Waals surface area contributed by atoms with Crippen LogP contribution in [0, 0.1) is 12.8 Å². The summed E-state index contributed by atoms with van der Waals surface area (Å²) in [5.74, 6) is 0.507. The molecule has 136 valence electrons. The number of carbonyl (C=O) groups excluding carboxylic acids is 2. The number of benzene rings is 2. The van der Waals surface area contributed by atoms with E-state index in [1.165, 1.54) is 0 Å². The fraction of sp³-hybridized carbons (Fsp3) is 0.300. The van der Waals surface area contributed by atoms with Gasteiger partial charge in [-0.1, -0.05) is 31.5 Å². The first kappa shape index (κ1) is 17.8. The molecule has 0 saturated carbocycles. The number of carbonyl (C=O) groups is 2. The number of amides is 1. The van der Waals surface area contributed by atoms with Gasteiger partial charge in [0, 0.05) is 11.6 Å². The monoisotopic (exact) mass is 355 g/mol. The van der Waals surface area contributed by atoms with Crippen LogP contribution < -0.4 is 19.5 Å². The van der Waals surface area contributed by atoms with Gasteiger partial charge in [0.05, 0.1) is 0 Å². The normalized spacial score (nSPS) is 13.4. The maximum Gasteiger partial charge on any atom is 0.334 e. The third kappa shape index (κ3) is 3.96. The molecule has 3 rings (SSSR count). The molecule has 0 unspecified atom stereocenters. The lowest BCUT2D eigenvalue weighted by molar-refractivity contribution is -0.137. The minimum atomic E-state index is -0.770. The number of esters is 1. The molecule has 0 saturated heterocycles. The molecule has 1 atom stereocenters. The Bertz CT molecular complexity index is 831. The van der Waals surface area contributed by atoms with Gasteiger partial charge in [0.2, 0.25) is 6.79 Å². The highest BCUT2D eigenvalue weighted by molar-refractivity contribution is 5.97. The number of fused-ring (bicyclic) bond motifs is 1. The van der Waals surface area contributed by atoms with Crippen molar-refractivity contribution in [1.29, 1.82) is 0 Å². The molecule has 1 heterocycles. The number of rotatable bonds is 5. The summed E-state index contributed by atoms with van der Waals surface area (Å²) in [7, 11) is 0. The molecule has 2 aromatic carbocycles. The largest absolute Gasteiger partial charge is 0.454 e. The molecular weight excluding hydrogens is 334 g/mol. The third-order valence-corrected chi connectivity index (χ3v) is 4.05. The van der Waals surface area contributed by atoms with E-state index in [-0.39, 0.29) is 18.6 Å². The van der Waals surface area contributed by atoms with E-state index in [1.807, 2.05) is 26.8 Å². The minimum Gasteiger partial charge on any atom is -0.454 e. The second-order valence-corrected chi connectivity index (χ2v) is 6.50. The van der Waals surface area contributed by atoms with Crippen LogP contribution in [0.25, 0.3) is 0 Å². The van der Waals surface area contributed by atoms with E-state index in [4.69, 9.17) is 14.2 Å². The lowest BCUT2D eigenvalue weighted by Crippen LogP contribution is -2.46. The molecule has 1 amide bonds. The Kier molecular flexibility index (Phi) is 5.11. The summed E-state index contributed by atoms with van der Waals surface area (Å²) >= 11 is 0. The molecular formula is C20H21NO5. The van der Waals surface area contributed by atoms with E-state index in [0.29, 0.717) is 22.8 Å². The highest BCUT2D eigenvalue weighted by atomic mass is 16.7. The summed E-state index contributed by atoms with van der Waals surface area (Å²) in [6.07, 6.45) is 0. The van der Waals surface area contributed by atoms with Gasteiger partial charge < -0.3 is 19.5 Å². The van der Waals surface area contributed by atoms with Crippen molar-refractivity contribution >= 4 is 11.9 Å². The van der Waals surface area contributed by atoms with Crippen molar-refractivity contribution in [3.63, 3.8) is 0 Å². The number of ether oxygens (including phenoxy) is 3. The molecule has 1 aliphatic rings. The van der Waals surface area contributed by atoms with Crippen LogP contribution in [0.5, 0.6) is 17.2 Å². The zero-order valence-corrected chi connectivity index (χ0v) is 14.9. The second-order valence-electron chi connectivity index (χ2n) is 6.50. The van der Waals surface area contributed by atoms with E-state index in [1.54, 1.807) is 36.4 Å². The second kappa shape index (κ2) is 7.47. The van der Waals surface area contributed by atoms with Gasteiger partial charge in [-0.15, -0.1) is 0 Å². The third-order valence-electron chi connectivity index (χ3n) is 4.05. The number of aryl methyl sites for hydroxylation is 1. The van der Waals surface area contributed by atoms with E-state index in [9.17, 15) is 9.59 Å². The summed E-state index contributed by atoms with van der Waals surface area (Å²) in [5, 5.41) is 2.76. The van der Waals surface area contributed by atoms with Gasteiger partial charge in [-0.3, -0.25) is 4.79 Å². The van der Waals surface area contributed by atoms with Gasteiger partial charge >= 0.3 is 5.97 Å². The Morgan fingerprint density at radius 1 is 1.08 bits per heavy atom. The van der Waals surface area contributed by atoms with E-state index >= 15 is 0 Å². The van der Waals surface area contributed by atoms with E-state index in [2.05, 4.69) is 5.32 Å². The van der Waals surface area contributed by atoms with Gasteiger partial charge in [-0.05, 0) is 37.1 Å². The van der Waals surface area contributed by atoms with Gasteiger partial charge in [0.1, 0.15) is 11.8 Å². The Balaban J connectivity index is 1.71. The minimum absolute atomic E-state index is 0.134. The van der Waals surface area contributed by atoms with Crippen molar-refractivity contribution in [2.75, 3.05) is 6.79 Å². The highest BCUT2D eigenvalue weighted by Crippen LogP contribution is 2.35. The molecule has 0 aromatic heterocycles. The summed E-state index contributed by atoms with van der Waals surface area (Å²) in [5.41, 5.74) is 1.48. The zero-order valence-electron chi connectivity index (χ0n) is 14.9. The van der Waals surface area contributed by atoms with Crippen LogP contribution in [-0.2, 0) is 4.79 Å². The summed E-state index contributed by atoms with van der Waals surface area (Å²) in [4.78, 5) is 25.0. The SMILES string of the molecule is Cc1cccc(C(=O)N[C@@H](C(=O)Oc2ccc3c(c2)OCO3)C(C)C)c1. The maximum absolute atomic E-state index is 12.6. The predicted octanol–water partition coefficient (Wildman–Crippen LogP) is 3.08. The van der Waals surface area contributed by atoms with Crippen LogP contribution in [0.1, 0.15) is 29.8 Å². The molecule has 0 fully saturated rings. The summed E-state index contributed by atoms with van der Waals surface area (Å²) in [6.45, 7) is 5.75. The molecule has 0 bridgehead atoms. The molecule has 26 heavy (non-hydrogen) atoms. The molecule has 1 N–H and O–H groups in total. The van der Waals surface area contributed by atoms with Gasteiger partial charge in [0.25, 0.3) is 5.91 Å².